The van der Waals surface area contributed by atoms with Crippen molar-refractivity contribution in [2.45, 2.75) is 31.9 Å². The number of sulfone groups is 2. The first-order valence-corrected chi connectivity index (χ1v) is 8.91. The molecule has 1 unspecified atom stereocenters. The third-order valence-corrected chi connectivity index (χ3v) is 6.62. The van der Waals surface area contributed by atoms with Crippen molar-refractivity contribution in [2.24, 2.45) is 5.73 Å². The summed E-state index contributed by atoms with van der Waals surface area (Å²) in [6, 6.07) is 0. The molecule has 0 saturated heterocycles. The van der Waals surface area contributed by atoms with Crippen molar-refractivity contribution < 1.29 is 16.8 Å². The Hall–Kier alpha value is -0.140. The van der Waals surface area contributed by atoms with Gasteiger partial charge < -0.3 is 5.73 Å². The maximum atomic E-state index is 11.6. The van der Waals surface area contributed by atoms with E-state index in [1.807, 2.05) is 0 Å². The Balaban J connectivity index is 4.21. The first-order chi connectivity index (χ1) is 7.25. The Bertz CT molecular complexity index is 386. The number of nitrogens with two attached hydrogens (primary N) is 1. The molecule has 0 aliphatic heterocycles. The highest BCUT2D eigenvalue weighted by Gasteiger charge is 2.20. The predicted octanol–water partition coefficient (Wildman–Crippen LogP) is -0.0367. The van der Waals surface area contributed by atoms with Gasteiger partial charge in [-0.1, -0.05) is 6.92 Å². The Labute approximate surface area is 98.2 Å². The van der Waals surface area contributed by atoms with Gasteiger partial charge in [0.2, 0.25) is 0 Å². The first kappa shape index (κ1) is 15.9. The number of hydrogen-bond acceptors (Lipinski definition) is 5. The van der Waals surface area contributed by atoms with Gasteiger partial charge in [-0.25, -0.2) is 16.8 Å². The first-order valence-electron chi connectivity index (χ1n) is 5.37. The van der Waals surface area contributed by atoms with Crippen LogP contribution in [0, 0.1) is 0 Å². The van der Waals surface area contributed by atoms with E-state index in [2.05, 4.69) is 0 Å². The molecular formula is C9H21NO4S2. The molecule has 0 heterocycles. The number of hydrogen-bond donors (Lipinski definition) is 1. The van der Waals surface area contributed by atoms with Gasteiger partial charge >= 0.3 is 0 Å². The van der Waals surface area contributed by atoms with Crippen LogP contribution in [0.4, 0.5) is 0 Å². The van der Waals surface area contributed by atoms with Crippen LogP contribution in [0.25, 0.3) is 0 Å². The van der Waals surface area contributed by atoms with Gasteiger partial charge in [0.05, 0.1) is 16.8 Å². The highest BCUT2D eigenvalue weighted by Crippen LogP contribution is 2.08. The molecule has 0 fully saturated rings. The minimum absolute atomic E-state index is 0.0575. The van der Waals surface area contributed by atoms with Crippen molar-refractivity contribution >= 4 is 19.7 Å². The van der Waals surface area contributed by atoms with E-state index in [4.69, 9.17) is 5.73 Å². The fourth-order valence-electron chi connectivity index (χ4n) is 1.24. The van der Waals surface area contributed by atoms with Gasteiger partial charge in [-0.3, -0.25) is 0 Å². The van der Waals surface area contributed by atoms with Gasteiger partial charge in [0.25, 0.3) is 0 Å². The molecule has 7 heteroatoms. The van der Waals surface area contributed by atoms with E-state index in [1.54, 1.807) is 13.8 Å². The topological polar surface area (TPSA) is 94.3 Å². The summed E-state index contributed by atoms with van der Waals surface area (Å²) in [5.41, 5.74) is 5.29. The molecule has 16 heavy (non-hydrogen) atoms. The van der Waals surface area contributed by atoms with Crippen LogP contribution in [0.3, 0.4) is 0 Å². The molecule has 0 aliphatic carbocycles. The predicted molar refractivity (Wildman–Crippen MR) is 65.9 cm³/mol. The molecule has 0 bridgehead atoms. The van der Waals surface area contributed by atoms with Crippen LogP contribution < -0.4 is 5.73 Å². The molecule has 1 atom stereocenters. The lowest BCUT2D eigenvalue weighted by atomic mass is 10.3. The zero-order valence-corrected chi connectivity index (χ0v) is 11.5. The summed E-state index contributed by atoms with van der Waals surface area (Å²) >= 11 is 0. The SMILES string of the molecule is CCS(=O)(=O)CCCS(=O)(=O)C(C)CCN. The lowest BCUT2D eigenvalue weighted by molar-refractivity contribution is 0.575. The summed E-state index contributed by atoms with van der Waals surface area (Å²) in [4.78, 5) is 0. The monoisotopic (exact) mass is 271 g/mol. The van der Waals surface area contributed by atoms with Gasteiger partial charge in [0.1, 0.15) is 9.84 Å². The minimum atomic E-state index is -3.20. The van der Waals surface area contributed by atoms with Crippen molar-refractivity contribution in [3.05, 3.63) is 0 Å². The number of rotatable bonds is 8. The fraction of sp³-hybridized carbons (Fsp3) is 1.00. The Morgan fingerprint density at radius 3 is 2.12 bits per heavy atom. The van der Waals surface area contributed by atoms with Crippen LogP contribution >= 0.6 is 0 Å². The molecule has 0 amide bonds. The van der Waals surface area contributed by atoms with Crippen molar-refractivity contribution in [2.75, 3.05) is 23.8 Å². The molecule has 0 spiro atoms. The van der Waals surface area contributed by atoms with E-state index in [1.165, 1.54) is 0 Å². The minimum Gasteiger partial charge on any atom is -0.330 e. The summed E-state index contributed by atoms with van der Waals surface area (Å²) < 4.78 is 45.6. The molecule has 0 radical (unpaired) electrons. The Kier molecular flexibility index (Phi) is 6.50. The third kappa shape index (κ3) is 5.81. The molecule has 0 aromatic rings. The van der Waals surface area contributed by atoms with Gasteiger partial charge in [0.15, 0.2) is 9.84 Å². The van der Waals surface area contributed by atoms with Gasteiger partial charge in [0, 0.05) is 5.75 Å². The van der Waals surface area contributed by atoms with E-state index >= 15 is 0 Å². The molecular weight excluding hydrogens is 250 g/mol. The van der Waals surface area contributed by atoms with Crippen LogP contribution in [0.2, 0.25) is 0 Å². The van der Waals surface area contributed by atoms with Crippen molar-refractivity contribution in [3.8, 4) is 0 Å². The molecule has 0 aromatic heterocycles. The van der Waals surface area contributed by atoms with E-state index in [0.29, 0.717) is 13.0 Å². The Morgan fingerprint density at radius 2 is 1.69 bits per heavy atom. The van der Waals surface area contributed by atoms with Crippen LogP contribution in [-0.2, 0) is 19.7 Å². The highest BCUT2D eigenvalue weighted by atomic mass is 32.2. The maximum absolute atomic E-state index is 11.6. The summed E-state index contributed by atoms with van der Waals surface area (Å²) in [7, 11) is -6.27. The van der Waals surface area contributed by atoms with Crippen LogP contribution in [0.5, 0.6) is 0 Å². The average Bonchev–Trinajstić information content (AvgIpc) is 2.17. The van der Waals surface area contributed by atoms with Gasteiger partial charge in [-0.15, -0.1) is 0 Å². The second-order valence-corrected chi connectivity index (χ2v) is 8.86. The van der Waals surface area contributed by atoms with E-state index in [0.717, 1.165) is 0 Å². The smallest absolute Gasteiger partial charge is 0.152 e. The van der Waals surface area contributed by atoms with Crippen LogP contribution in [0.1, 0.15) is 26.7 Å². The molecule has 98 valence electrons. The lowest BCUT2D eigenvalue weighted by Gasteiger charge is -2.11. The normalized spacial score (nSPS) is 14.9. The van der Waals surface area contributed by atoms with E-state index in [9.17, 15) is 16.8 Å². The third-order valence-electron chi connectivity index (χ3n) is 2.51. The molecule has 0 rings (SSSR count). The second kappa shape index (κ2) is 6.56. The Morgan fingerprint density at radius 1 is 1.12 bits per heavy atom. The largest absolute Gasteiger partial charge is 0.330 e. The van der Waals surface area contributed by atoms with Gasteiger partial charge in [-0.2, -0.15) is 0 Å². The summed E-state index contributed by atoms with van der Waals surface area (Å²) in [6.45, 7) is 3.49. The van der Waals surface area contributed by atoms with Crippen molar-refractivity contribution in [1.82, 2.24) is 0 Å². The molecule has 0 saturated carbocycles. The summed E-state index contributed by atoms with van der Waals surface area (Å²) in [5, 5.41) is -0.484. The zero-order valence-electron chi connectivity index (χ0n) is 9.85. The molecule has 2 N–H and O–H groups in total. The summed E-state index contributed by atoms with van der Waals surface area (Å²) in [6.07, 6.45) is 0.594. The quantitative estimate of drug-likeness (QED) is 0.668. The average molecular weight is 271 g/mol. The zero-order chi connectivity index (χ0) is 12.8. The maximum Gasteiger partial charge on any atom is 0.152 e. The summed E-state index contributed by atoms with van der Waals surface area (Å²) in [5.74, 6) is -0.0725. The lowest BCUT2D eigenvalue weighted by Crippen LogP contribution is -2.25. The highest BCUT2D eigenvalue weighted by molar-refractivity contribution is 7.92. The van der Waals surface area contributed by atoms with Gasteiger partial charge in [-0.05, 0) is 26.3 Å². The van der Waals surface area contributed by atoms with E-state index in [-0.39, 0.29) is 23.7 Å². The standard InChI is InChI=1S/C9H21NO4S2/c1-3-15(11,12)7-4-8-16(13,14)9(2)5-6-10/h9H,3-8,10H2,1-2H3. The van der Waals surface area contributed by atoms with Crippen LogP contribution in [0.15, 0.2) is 0 Å². The molecule has 0 aromatic carbocycles. The van der Waals surface area contributed by atoms with Crippen molar-refractivity contribution in [1.29, 1.82) is 0 Å². The van der Waals surface area contributed by atoms with E-state index < -0.39 is 24.9 Å². The molecule has 5 nitrogen and oxygen atoms in total. The second-order valence-electron chi connectivity index (χ2n) is 3.84. The molecule has 0 aliphatic rings. The fourth-order valence-corrected chi connectivity index (χ4v) is 3.74. The van der Waals surface area contributed by atoms with Crippen LogP contribution in [-0.4, -0.2) is 45.9 Å². The van der Waals surface area contributed by atoms with Crippen molar-refractivity contribution in [3.63, 3.8) is 0 Å².